The molecule has 0 saturated heterocycles. The largest absolute Gasteiger partial charge is 0.368 e. The molecule has 3 aromatic rings. The van der Waals surface area contributed by atoms with Crippen LogP contribution in [0.15, 0.2) is 71.2 Å². The van der Waals surface area contributed by atoms with Crippen LogP contribution < -0.4 is 11.1 Å². The van der Waals surface area contributed by atoms with E-state index in [1.807, 2.05) is 66.7 Å². The van der Waals surface area contributed by atoms with Crippen LogP contribution in [0.4, 0.5) is 0 Å². The fraction of sp³-hybridized carbons (Fsp3) is 0.143. The average molecular weight is 411 g/mol. The van der Waals surface area contributed by atoms with Crippen molar-refractivity contribution in [1.29, 1.82) is 0 Å². The minimum atomic E-state index is -0.739. The summed E-state index contributed by atoms with van der Waals surface area (Å²) in [4.78, 5) is 24.1. The van der Waals surface area contributed by atoms with E-state index in [-0.39, 0.29) is 12.3 Å². The van der Waals surface area contributed by atoms with E-state index in [1.165, 1.54) is 0 Å². The van der Waals surface area contributed by atoms with E-state index in [2.05, 4.69) is 21.2 Å². The molecule has 0 spiro atoms. The third-order valence-corrected chi connectivity index (χ3v) is 4.68. The molecule has 0 saturated carbocycles. The first-order valence-corrected chi connectivity index (χ1v) is 9.11. The molecule has 0 aliphatic rings. The number of nitrogens with two attached hydrogens (primary N) is 1. The Hall–Kier alpha value is -2.66. The van der Waals surface area contributed by atoms with Gasteiger partial charge in [0.2, 0.25) is 11.8 Å². The number of amides is 2. The second kappa shape index (κ2) is 8.15. The maximum atomic E-state index is 12.4. The minimum absolute atomic E-state index is 0.201. The molecule has 132 valence electrons. The maximum absolute atomic E-state index is 12.4. The van der Waals surface area contributed by atoms with Crippen molar-refractivity contribution in [3.63, 3.8) is 0 Å². The zero-order valence-corrected chi connectivity index (χ0v) is 15.7. The van der Waals surface area contributed by atoms with E-state index in [4.69, 9.17) is 5.73 Å². The van der Waals surface area contributed by atoms with Gasteiger partial charge in [0.05, 0.1) is 6.42 Å². The second-order valence-electron chi connectivity index (χ2n) is 6.21. The Morgan fingerprint density at radius 3 is 2.42 bits per heavy atom. The van der Waals surface area contributed by atoms with Gasteiger partial charge in [0.15, 0.2) is 0 Å². The summed E-state index contributed by atoms with van der Waals surface area (Å²) >= 11 is 3.40. The summed E-state index contributed by atoms with van der Waals surface area (Å²) in [6.45, 7) is 0. The summed E-state index contributed by atoms with van der Waals surface area (Å²) in [6.07, 6.45) is 0.561. The average Bonchev–Trinajstić information content (AvgIpc) is 2.61. The number of primary amides is 1. The van der Waals surface area contributed by atoms with E-state index in [0.29, 0.717) is 6.42 Å². The summed E-state index contributed by atoms with van der Waals surface area (Å²) in [5.74, 6) is -0.768. The monoisotopic (exact) mass is 410 g/mol. The van der Waals surface area contributed by atoms with Crippen molar-refractivity contribution in [1.82, 2.24) is 5.32 Å². The Morgan fingerprint density at radius 1 is 0.923 bits per heavy atom. The van der Waals surface area contributed by atoms with E-state index in [1.54, 1.807) is 0 Å². The Bertz CT molecular complexity index is 955. The molecule has 0 aliphatic carbocycles. The topological polar surface area (TPSA) is 72.2 Å². The van der Waals surface area contributed by atoms with Crippen molar-refractivity contribution in [3.8, 4) is 0 Å². The Kier molecular flexibility index (Phi) is 5.68. The van der Waals surface area contributed by atoms with E-state index >= 15 is 0 Å². The van der Waals surface area contributed by atoms with Crippen molar-refractivity contribution in [2.45, 2.75) is 18.9 Å². The number of hydrogen-bond donors (Lipinski definition) is 2. The van der Waals surface area contributed by atoms with Crippen molar-refractivity contribution in [2.75, 3.05) is 0 Å². The number of nitrogens with one attached hydrogen (secondary N) is 1. The van der Waals surface area contributed by atoms with Crippen LogP contribution in [0.1, 0.15) is 11.1 Å². The number of carbonyl (C=O) groups is 2. The Balaban J connectivity index is 1.68. The van der Waals surface area contributed by atoms with Crippen molar-refractivity contribution < 1.29 is 9.59 Å². The molecular formula is C21H19BrN2O2. The molecule has 5 heteroatoms. The van der Waals surface area contributed by atoms with Crippen LogP contribution in [0.5, 0.6) is 0 Å². The molecular weight excluding hydrogens is 392 g/mol. The lowest BCUT2D eigenvalue weighted by molar-refractivity contribution is -0.127. The molecule has 0 fully saturated rings. The van der Waals surface area contributed by atoms with Gasteiger partial charge in [-0.25, -0.2) is 0 Å². The number of benzene rings is 3. The summed E-state index contributed by atoms with van der Waals surface area (Å²) < 4.78 is 0.917. The SMILES string of the molecule is NC(=O)[C@H](Cc1cccc(Br)c1)NC(=O)Cc1ccc2ccccc2c1. The number of halogens is 1. The van der Waals surface area contributed by atoms with E-state index in [9.17, 15) is 9.59 Å². The molecule has 3 aromatic carbocycles. The van der Waals surface area contributed by atoms with Crippen molar-refractivity contribution >= 4 is 38.5 Å². The predicted molar refractivity (Wildman–Crippen MR) is 107 cm³/mol. The molecule has 4 nitrogen and oxygen atoms in total. The highest BCUT2D eigenvalue weighted by molar-refractivity contribution is 9.10. The number of rotatable bonds is 6. The van der Waals surface area contributed by atoms with Gasteiger partial charge in [0, 0.05) is 10.9 Å². The van der Waals surface area contributed by atoms with Gasteiger partial charge in [-0.15, -0.1) is 0 Å². The molecule has 3 rings (SSSR count). The molecule has 3 N–H and O–H groups in total. The van der Waals surface area contributed by atoms with Gasteiger partial charge < -0.3 is 11.1 Å². The molecule has 0 bridgehead atoms. The lowest BCUT2D eigenvalue weighted by Crippen LogP contribution is -2.46. The van der Waals surface area contributed by atoms with Gasteiger partial charge in [-0.3, -0.25) is 9.59 Å². The van der Waals surface area contributed by atoms with Crippen LogP contribution in [0.3, 0.4) is 0 Å². The number of hydrogen-bond acceptors (Lipinski definition) is 2. The summed E-state index contributed by atoms with van der Waals surface area (Å²) in [5.41, 5.74) is 7.29. The van der Waals surface area contributed by atoms with Crippen LogP contribution in [0.25, 0.3) is 10.8 Å². The van der Waals surface area contributed by atoms with E-state index < -0.39 is 11.9 Å². The molecule has 0 aliphatic heterocycles. The normalized spacial score (nSPS) is 11.9. The first kappa shape index (κ1) is 18.1. The minimum Gasteiger partial charge on any atom is -0.368 e. The maximum Gasteiger partial charge on any atom is 0.240 e. The first-order chi connectivity index (χ1) is 12.5. The predicted octanol–water partition coefficient (Wildman–Crippen LogP) is 3.36. The van der Waals surface area contributed by atoms with Crippen LogP contribution in [0, 0.1) is 0 Å². The molecule has 2 amide bonds. The standard InChI is InChI=1S/C21H19BrN2O2/c22-18-7-3-4-14(11-18)12-19(21(23)26)24-20(25)13-15-8-9-16-5-1-2-6-17(16)10-15/h1-11,19H,12-13H2,(H2,23,26)(H,24,25)/t19-/m0/s1. The highest BCUT2D eigenvalue weighted by Gasteiger charge is 2.19. The van der Waals surface area contributed by atoms with Gasteiger partial charge >= 0.3 is 0 Å². The summed E-state index contributed by atoms with van der Waals surface area (Å²) in [7, 11) is 0. The van der Waals surface area contributed by atoms with Crippen LogP contribution in [-0.2, 0) is 22.4 Å². The Morgan fingerprint density at radius 2 is 1.69 bits per heavy atom. The molecule has 0 unspecified atom stereocenters. The molecule has 26 heavy (non-hydrogen) atoms. The van der Waals surface area contributed by atoms with Crippen LogP contribution in [-0.4, -0.2) is 17.9 Å². The number of fused-ring (bicyclic) bond motifs is 1. The van der Waals surface area contributed by atoms with Gasteiger partial charge in [-0.2, -0.15) is 0 Å². The smallest absolute Gasteiger partial charge is 0.240 e. The molecule has 0 heterocycles. The fourth-order valence-corrected chi connectivity index (χ4v) is 3.35. The number of carbonyl (C=O) groups excluding carboxylic acids is 2. The fourth-order valence-electron chi connectivity index (χ4n) is 2.90. The zero-order chi connectivity index (χ0) is 18.5. The lowest BCUT2D eigenvalue weighted by Gasteiger charge is -2.16. The molecule has 1 atom stereocenters. The third-order valence-electron chi connectivity index (χ3n) is 4.19. The molecule has 0 radical (unpaired) electrons. The van der Waals surface area contributed by atoms with Gasteiger partial charge in [0.25, 0.3) is 0 Å². The van der Waals surface area contributed by atoms with E-state index in [0.717, 1.165) is 26.4 Å². The van der Waals surface area contributed by atoms with Crippen molar-refractivity contribution in [2.24, 2.45) is 5.73 Å². The third kappa shape index (κ3) is 4.70. The quantitative estimate of drug-likeness (QED) is 0.653. The Labute approximate surface area is 160 Å². The van der Waals surface area contributed by atoms with Crippen LogP contribution >= 0.6 is 15.9 Å². The van der Waals surface area contributed by atoms with Gasteiger partial charge in [-0.1, -0.05) is 70.5 Å². The summed E-state index contributed by atoms with van der Waals surface area (Å²) in [5, 5.41) is 4.96. The highest BCUT2D eigenvalue weighted by Crippen LogP contribution is 2.16. The summed E-state index contributed by atoms with van der Waals surface area (Å²) in [6, 6.07) is 20.7. The second-order valence-corrected chi connectivity index (χ2v) is 7.13. The zero-order valence-electron chi connectivity index (χ0n) is 14.1. The van der Waals surface area contributed by atoms with Crippen molar-refractivity contribution in [3.05, 3.63) is 82.3 Å². The lowest BCUT2D eigenvalue weighted by atomic mass is 10.0. The molecule has 0 aromatic heterocycles. The highest BCUT2D eigenvalue weighted by atomic mass is 79.9. The van der Waals surface area contributed by atoms with Crippen LogP contribution in [0.2, 0.25) is 0 Å². The van der Waals surface area contributed by atoms with Gasteiger partial charge in [0.1, 0.15) is 6.04 Å². The van der Waals surface area contributed by atoms with Gasteiger partial charge in [-0.05, 0) is 34.0 Å². The first-order valence-electron chi connectivity index (χ1n) is 8.32.